The molecule has 4 rings (SSSR count). The van der Waals surface area contributed by atoms with E-state index in [4.69, 9.17) is 9.47 Å². The zero-order chi connectivity index (χ0) is 24.1. The lowest BCUT2D eigenvalue weighted by molar-refractivity contribution is 0.158. The van der Waals surface area contributed by atoms with E-state index in [0.717, 1.165) is 54.4 Å². The Morgan fingerprint density at radius 2 is 1.88 bits per heavy atom. The number of imide groups is 1. The van der Waals surface area contributed by atoms with Crippen LogP contribution in [0.5, 0.6) is 5.75 Å². The number of rotatable bonds is 7. The smallest absolute Gasteiger partial charge is 0.418 e. The summed E-state index contributed by atoms with van der Waals surface area (Å²) in [5.74, 6) is -1.18. The van der Waals surface area contributed by atoms with E-state index in [-0.39, 0.29) is 6.61 Å². The number of nitrogens with one attached hydrogen (secondary N) is 2. The molecular formula is C24H28F2N4O4. The summed E-state index contributed by atoms with van der Waals surface area (Å²) in [5, 5.41) is 6.14. The van der Waals surface area contributed by atoms with Crippen molar-refractivity contribution >= 4 is 17.8 Å². The fourth-order valence-electron chi connectivity index (χ4n) is 4.36. The summed E-state index contributed by atoms with van der Waals surface area (Å²) >= 11 is 0. The van der Waals surface area contributed by atoms with Crippen LogP contribution in [-0.4, -0.2) is 63.0 Å². The van der Waals surface area contributed by atoms with Gasteiger partial charge in [0, 0.05) is 32.2 Å². The molecule has 10 heteroatoms. The maximum Gasteiger partial charge on any atom is 0.418 e. The van der Waals surface area contributed by atoms with Crippen LogP contribution >= 0.6 is 0 Å². The normalized spacial score (nSPS) is 18.7. The van der Waals surface area contributed by atoms with Gasteiger partial charge in [-0.25, -0.2) is 23.3 Å². The van der Waals surface area contributed by atoms with Crippen molar-refractivity contribution in [3.63, 3.8) is 0 Å². The SMILES string of the molecule is COc1ccccc1N1CCC(NCCNC(=O)N2C(=O)OCC2c2ccc(F)c(F)c2)CC1. The number of amides is 3. The largest absolute Gasteiger partial charge is 0.495 e. The molecule has 0 radical (unpaired) electrons. The number of methoxy groups -OCH3 is 1. The number of halogens is 2. The molecule has 3 amide bonds. The van der Waals surface area contributed by atoms with Gasteiger partial charge in [-0.2, -0.15) is 0 Å². The molecule has 1 unspecified atom stereocenters. The number of anilines is 1. The summed E-state index contributed by atoms with van der Waals surface area (Å²) in [4.78, 5) is 27.9. The Hall–Kier alpha value is -3.40. The van der Waals surface area contributed by atoms with Crippen molar-refractivity contribution < 1.29 is 27.8 Å². The first-order chi connectivity index (χ1) is 16.5. The van der Waals surface area contributed by atoms with Gasteiger partial charge in [-0.3, -0.25) is 0 Å². The van der Waals surface area contributed by atoms with Crippen LogP contribution in [0.1, 0.15) is 24.4 Å². The molecule has 0 spiro atoms. The van der Waals surface area contributed by atoms with Gasteiger partial charge < -0.3 is 25.0 Å². The number of hydrogen-bond acceptors (Lipinski definition) is 6. The number of ether oxygens (including phenoxy) is 2. The molecule has 2 aliphatic heterocycles. The Bertz CT molecular complexity index is 1030. The summed E-state index contributed by atoms with van der Waals surface area (Å²) in [5.41, 5.74) is 1.38. The minimum atomic E-state index is -1.04. The first-order valence-electron chi connectivity index (χ1n) is 11.3. The van der Waals surface area contributed by atoms with Gasteiger partial charge in [0.2, 0.25) is 0 Å². The molecule has 2 aromatic rings. The van der Waals surface area contributed by atoms with Crippen molar-refractivity contribution in [3.8, 4) is 5.75 Å². The number of carbonyl (C=O) groups excluding carboxylic acids is 2. The highest BCUT2D eigenvalue weighted by molar-refractivity contribution is 5.92. The van der Waals surface area contributed by atoms with E-state index in [0.29, 0.717) is 24.7 Å². The molecular weight excluding hydrogens is 446 g/mol. The van der Waals surface area contributed by atoms with Crippen LogP contribution in [0, 0.1) is 11.6 Å². The maximum atomic E-state index is 13.6. The molecule has 2 saturated heterocycles. The molecule has 2 fully saturated rings. The zero-order valence-corrected chi connectivity index (χ0v) is 18.9. The lowest BCUT2D eigenvalue weighted by Gasteiger charge is -2.34. The van der Waals surface area contributed by atoms with Crippen molar-refractivity contribution in [2.45, 2.75) is 24.9 Å². The van der Waals surface area contributed by atoms with Crippen molar-refractivity contribution in [1.82, 2.24) is 15.5 Å². The molecule has 1 atom stereocenters. The summed E-state index contributed by atoms with van der Waals surface area (Å²) < 4.78 is 37.3. The molecule has 8 nitrogen and oxygen atoms in total. The topological polar surface area (TPSA) is 83.1 Å². The van der Waals surface area contributed by atoms with E-state index in [1.54, 1.807) is 7.11 Å². The van der Waals surface area contributed by atoms with Crippen LogP contribution in [0.3, 0.4) is 0 Å². The summed E-state index contributed by atoms with van der Waals surface area (Å²) in [7, 11) is 1.67. The second-order valence-corrected chi connectivity index (χ2v) is 8.26. The predicted octanol–water partition coefficient (Wildman–Crippen LogP) is 3.43. The molecule has 2 aliphatic rings. The van der Waals surface area contributed by atoms with Gasteiger partial charge in [0.1, 0.15) is 18.4 Å². The van der Waals surface area contributed by atoms with E-state index < -0.39 is 29.8 Å². The Labute approximate surface area is 196 Å². The fourth-order valence-corrected chi connectivity index (χ4v) is 4.36. The van der Waals surface area contributed by atoms with Gasteiger partial charge in [0.05, 0.1) is 12.8 Å². The second kappa shape index (κ2) is 10.7. The van der Waals surface area contributed by atoms with Crippen LogP contribution < -0.4 is 20.3 Å². The quantitative estimate of drug-likeness (QED) is 0.599. The van der Waals surface area contributed by atoms with E-state index in [2.05, 4.69) is 21.6 Å². The van der Waals surface area contributed by atoms with Gasteiger partial charge in [0.15, 0.2) is 11.6 Å². The van der Waals surface area contributed by atoms with Crippen LogP contribution in [-0.2, 0) is 4.74 Å². The highest BCUT2D eigenvalue weighted by atomic mass is 19.2. The van der Waals surface area contributed by atoms with E-state index >= 15 is 0 Å². The van der Waals surface area contributed by atoms with Crippen molar-refractivity contribution in [1.29, 1.82) is 0 Å². The standard InChI is InChI=1S/C24H28F2N4O4/c1-33-22-5-3-2-4-20(22)29-12-8-17(9-13-29)27-10-11-28-23(31)30-21(15-34-24(30)32)16-6-7-18(25)19(26)14-16/h2-7,14,17,21,27H,8-13,15H2,1H3,(H,28,31). The van der Waals surface area contributed by atoms with Crippen LogP contribution in [0.25, 0.3) is 0 Å². The first-order valence-corrected chi connectivity index (χ1v) is 11.3. The fraction of sp³-hybridized carbons (Fsp3) is 0.417. The lowest BCUT2D eigenvalue weighted by Crippen LogP contribution is -2.47. The maximum absolute atomic E-state index is 13.6. The van der Waals surface area contributed by atoms with Gasteiger partial charge in [-0.05, 0) is 42.7 Å². The third-order valence-electron chi connectivity index (χ3n) is 6.18. The molecule has 2 heterocycles. The number of benzene rings is 2. The van der Waals surface area contributed by atoms with Gasteiger partial charge >= 0.3 is 12.1 Å². The molecule has 2 aromatic carbocycles. The Morgan fingerprint density at radius 1 is 1.12 bits per heavy atom. The van der Waals surface area contributed by atoms with Crippen molar-refractivity contribution in [2.24, 2.45) is 0 Å². The molecule has 0 aromatic heterocycles. The first kappa shape index (κ1) is 23.7. The second-order valence-electron chi connectivity index (χ2n) is 8.26. The number of piperidine rings is 1. The van der Waals surface area contributed by atoms with E-state index in [1.165, 1.54) is 6.07 Å². The highest BCUT2D eigenvalue weighted by Gasteiger charge is 2.39. The molecule has 2 N–H and O–H groups in total. The molecule has 0 aliphatic carbocycles. The third kappa shape index (κ3) is 5.22. The Morgan fingerprint density at radius 3 is 2.62 bits per heavy atom. The van der Waals surface area contributed by atoms with Crippen LogP contribution in [0.2, 0.25) is 0 Å². The summed E-state index contributed by atoms with van der Waals surface area (Å²) in [6.07, 6.45) is 1.08. The number of cyclic esters (lactones) is 1. The average Bonchev–Trinajstić information content (AvgIpc) is 3.25. The number of urea groups is 1. The lowest BCUT2D eigenvalue weighted by atomic mass is 10.0. The number of para-hydroxylation sites is 2. The monoisotopic (exact) mass is 474 g/mol. The predicted molar refractivity (Wildman–Crippen MR) is 122 cm³/mol. The van der Waals surface area contributed by atoms with Crippen LogP contribution in [0.15, 0.2) is 42.5 Å². The summed E-state index contributed by atoms with van der Waals surface area (Å²) in [6.45, 7) is 2.50. The summed E-state index contributed by atoms with van der Waals surface area (Å²) in [6, 6.07) is 10.1. The third-order valence-corrected chi connectivity index (χ3v) is 6.18. The number of hydrogen-bond donors (Lipinski definition) is 2. The average molecular weight is 475 g/mol. The van der Waals surface area contributed by atoms with Gasteiger partial charge in [-0.1, -0.05) is 18.2 Å². The van der Waals surface area contributed by atoms with Gasteiger partial charge in [0.25, 0.3) is 0 Å². The van der Waals surface area contributed by atoms with E-state index in [9.17, 15) is 18.4 Å². The molecule has 34 heavy (non-hydrogen) atoms. The minimum Gasteiger partial charge on any atom is -0.495 e. The van der Waals surface area contributed by atoms with E-state index in [1.807, 2.05) is 18.2 Å². The molecule has 182 valence electrons. The van der Waals surface area contributed by atoms with Crippen molar-refractivity contribution in [2.75, 3.05) is 44.8 Å². The Kier molecular flexibility index (Phi) is 7.46. The van der Waals surface area contributed by atoms with Crippen LogP contribution in [0.4, 0.5) is 24.1 Å². The van der Waals surface area contributed by atoms with Crippen molar-refractivity contribution in [3.05, 3.63) is 59.7 Å². The Balaban J connectivity index is 1.23. The molecule has 0 bridgehead atoms. The number of carbonyl (C=O) groups is 2. The highest BCUT2D eigenvalue weighted by Crippen LogP contribution is 2.30. The number of nitrogens with zero attached hydrogens (tertiary/aromatic N) is 2. The molecule has 0 saturated carbocycles. The zero-order valence-electron chi connectivity index (χ0n) is 18.9. The minimum absolute atomic E-state index is 0.111. The van der Waals surface area contributed by atoms with Gasteiger partial charge in [-0.15, -0.1) is 0 Å².